The lowest BCUT2D eigenvalue weighted by Gasteiger charge is -1.97. The smallest absolute Gasteiger partial charge is 0.148 e. The van der Waals surface area contributed by atoms with Crippen molar-refractivity contribution in [1.82, 2.24) is 14.9 Å². The Hall–Kier alpha value is -1.78. The lowest BCUT2D eigenvalue weighted by atomic mass is 10.4. The zero-order valence-corrected chi connectivity index (χ0v) is 8.19. The highest BCUT2D eigenvalue weighted by molar-refractivity contribution is 5.32. The number of hydrogen-bond donors (Lipinski definition) is 1. The number of hydrogen-bond acceptors (Lipinski definition) is 4. The van der Waals surface area contributed by atoms with Gasteiger partial charge in [0.2, 0.25) is 0 Å². The lowest BCUT2D eigenvalue weighted by molar-refractivity contribution is 0.391. The second-order valence-electron chi connectivity index (χ2n) is 3.16. The van der Waals surface area contributed by atoms with Crippen molar-refractivity contribution in [1.29, 1.82) is 0 Å². The molecule has 2 rings (SSSR count). The number of rotatable bonds is 3. The molecule has 0 saturated carbocycles. The maximum absolute atomic E-state index is 4.94. The molecule has 0 aliphatic carbocycles. The summed E-state index contributed by atoms with van der Waals surface area (Å²) in [4.78, 5) is 0. The largest absolute Gasteiger partial charge is 0.363 e. The summed E-state index contributed by atoms with van der Waals surface area (Å²) in [7, 11) is 1.88. The summed E-state index contributed by atoms with van der Waals surface area (Å²) in [5, 5.41) is 11.2. The maximum atomic E-state index is 4.94. The SMILES string of the molecule is Cc1cc(CNc2ccn(C)n2)no1. The number of nitrogens with one attached hydrogen (secondary N) is 1. The fourth-order valence-corrected chi connectivity index (χ4v) is 1.19. The quantitative estimate of drug-likeness (QED) is 0.797. The van der Waals surface area contributed by atoms with Crippen LogP contribution in [0.3, 0.4) is 0 Å². The Bertz CT molecular complexity index is 378. The molecule has 2 aromatic heterocycles. The molecule has 0 spiro atoms. The minimum Gasteiger partial charge on any atom is -0.363 e. The van der Waals surface area contributed by atoms with Crippen LogP contribution in [0.4, 0.5) is 5.82 Å². The van der Waals surface area contributed by atoms with Gasteiger partial charge in [-0.1, -0.05) is 5.16 Å². The third kappa shape index (κ3) is 1.93. The Morgan fingerprint density at radius 1 is 1.57 bits per heavy atom. The van der Waals surface area contributed by atoms with Gasteiger partial charge in [0.05, 0.1) is 6.54 Å². The van der Waals surface area contributed by atoms with Crippen molar-refractivity contribution in [3.63, 3.8) is 0 Å². The molecule has 0 bridgehead atoms. The van der Waals surface area contributed by atoms with Crippen molar-refractivity contribution in [2.45, 2.75) is 13.5 Å². The first-order valence-corrected chi connectivity index (χ1v) is 4.40. The van der Waals surface area contributed by atoms with Gasteiger partial charge in [0.15, 0.2) is 0 Å². The van der Waals surface area contributed by atoms with Crippen LogP contribution in [0.5, 0.6) is 0 Å². The standard InChI is InChI=1S/C9H12N4O/c1-7-5-8(12-14-7)6-10-9-3-4-13(2)11-9/h3-5H,6H2,1-2H3,(H,10,11). The first-order valence-electron chi connectivity index (χ1n) is 4.40. The van der Waals surface area contributed by atoms with E-state index in [4.69, 9.17) is 4.52 Å². The van der Waals surface area contributed by atoms with Crippen LogP contribution >= 0.6 is 0 Å². The van der Waals surface area contributed by atoms with Gasteiger partial charge in [-0.05, 0) is 6.92 Å². The van der Waals surface area contributed by atoms with Crippen molar-refractivity contribution in [2.75, 3.05) is 5.32 Å². The first-order chi connectivity index (χ1) is 6.74. The maximum Gasteiger partial charge on any atom is 0.148 e. The number of anilines is 1. The molecule has 0 saturated heterocycles. The predicted molar refractivity (Wildman–Crippen MR) is 51.8 cm³/mol. The average Bonchev–Trinajstić information content (AvgIpc) is 2.72. The van der Waals surface area contributed by atoms with Gasteiger partial charge >= 0.3 is 0 Å². The first kappa shape index (κ1) is 8.80. The molecule has 0 radical (unpaired) electrons. The molecule has 5 heteroatoms. The van der Waals surface area contributed by atoms with E-state index in [1.165, 1.54) is 0 Å². The second-order valence-corrected chi connectivity index (χ2v) is 3.16. The van der Waals surface area contributed by atoms with Crippen molar-refractivity contribution in [2.24, 2.45) is 7.05 Å². The van der Waals surface area contributed by atoms with E-state index in [1.807, 2.05) is 32.3 Å². The summed E-state index contributed by atoms with van der Waals surface area (Å²) in [5.41, 5.74) is 0.883. The summed E-state index contributed by atoms with van der Waals surface area (Å²) in [5.74, 6) is 1.66. The molecular formula is C9H12N4O. The Kier molecular flexibility index (Phi) is 2.22. The highest BCUT2D eigenvalue weighted by atomic mass is 16.5. The summed E-state index contributed by atoms with van der Waals surface area (Å²) in [6.07, 6.45) is 1.89. The Morgan fingerprint density at radius 2 is 2.43 bits per heavy atom. The highest BCUT2D eigenvalue weighted by Gasteiger charge is 2.00. The summed E-state index contributed by atoms with van der Waals surface area (Å²) < 4.78 is 6.69. The van der Waals surface area contributed by atoms with E-state index in [2.05, 4.69) is 15.6 Å². The topological polar surface area (TPSA) is 55.9 Å². The van der Waals surface area contributed by atoms with E-state index in [9.17, 15) is 0 Å². The molecule has 0 amide bonds. The molecule has 0 aromatic carbocycles. The van der Waals surface area contributed by atoms with Crippen LogP contribution in [-0.2, 0) is 13.6 Å². The van der Waals surface area contributed by atoms with Crippen LogP contribution in [0.15, 0.2) is 22.9 Å². The monoisotopic (exact) mass is 192 g/mol. The van der Waals surface area contributed by atoms with Crippen molar-refractivity contribution >= 4 is 5.82 Å². The van der Waals surface area contributed by atoms with E-state index in [1.54, 1.807) is 4.68 Å². The Balaban J connectivity index is 1.94. The molecule has 0 aliphatic rings. The van der Waals surface area contributed by atoms with E-state index < -0.39 is 0 Å². The minimum atomic E-state index is 0.633. The molecule has 5 nitrogen and oxygen atoms in total. The van der Waals surface area contributed by atoms with E-state index >= 15 is 0 Å². The fourth-order valence-electron chi connectivity index (χ4n) is 1.19. The van der Waals surface area contributed by atoms with Crippen molar-refractivity contribution in [3.05, 3.63) is 29.8 Å². The van der Waals surface area contributed by atoms with Crippen molar-refractivity contribution < 1.29 is 4.52 Å². The van der Waals surface area contributed by atoms with Crippen LogP contribution in [0.1, 0.15) is 11.5 Å². The predicted octanol–water partition coefficient (Wildman–Crippen LogP) is 1.33. The molecule has 2 heterocycles. The van der Waals surface area contributed by atoms with Gasteiger partial charge in [-0.15, -0.1) is 0 Å². The van der Waals surface area contributed by atoms with Crippen LogP contribution < -0.4 is 5.32 Å². The van der Waals surface area contributed by atoms with Gasteiger partial charge in [0.1, 0.15) is 17.3 Å². The third-order valence-electron chi connectivity index (χ3n) is 1.84. The summed E-state index contributed by atoms with van der Waals surface area (Å²) >= 11 is 0. The van der Waals surface area contributed by atoms with Crippen molar-refractivity contribution in [3.8, 4) is 0 Å². The van der Waals surface area contributed by atoms with E-state index in [0.717, 1.165) is 17.3 Å². The minimum absolute atomic E-state index is 0.633. The molecule has 0 aliphatic heterocycles. The third-order valence-corrected chi connectivity index (χ3v) is 1.84. The molecule has 1 N–H and O–H groups in total. The van der Waals surface area contributed by atoms with Gasteiger partial charge in [-0.2, -0.15) is 5.10 Å². The normalized spacial score (nSPS) is 10.4. The van der Waals surface area contributed by atoms with Gasteiger partial charge in [0.25, 0.3) is 0 Å². The summed E-state index contributed by atoms with van der Waals surface area (Å²) in [6.45, 7) is 2.51. The van der Waals surface area contributed by atoms with E-state index in [0.29, 0.717) is 6.54 Å². The molecule has 0 unspecified atom stereocenters. The molecule has 0 fully saturated rings. The van der Waals surface area contributed by atoms with Gasteiger partial charge < -0.3 is 9.84 Å². The Morgan fingerprint density at radius 3 is 3.00 bits per heavy atom. The number of nitrogens with zero attached hydrogens (tertiary/aromatic N) is 3. The second kappa shape index (κ2) is 3.53. The lowest BCUT2D eigenvalue weighted by Crippen LogP contribution is -2.00. The van der Waals surface area contributed by atoms with Gasteiger partial charge in [-0.25, -0.2) is 0 Å². The fraction of sp³-hybridized carbons (Fsp3) is 0.333. The molecule has 2 aromatic rings. The average molecular weight is 192 g/mol. The number of aryl methyl sites for hydroxylation is 2. The van der Waals surface area contributed by atoms with Crippen LogP contribution in [0, 0.1) is 6.92 Å². The van der Waals surface area contributed by atoms with Gasteiger partial charge in [0, 0.05) is 25.4 Å². The number of aromatic nitrogens is 3. The van der Waals surface area contributed by atoms with Crippen LogP contribution in [0.2, 0.25) is 0 Å². The summed E-state index contributed by atoms with van der Waals surface area (Å²) in [6, 6.07) is 3.81. The molecular weight excluding hydrogens is 180 g/mol. The zero-order chi connectivity index (χ0) is 9.97. The molecule has 74 valence electrons. The van der Waals surface area contributed by atoms with Crippen LogP contribution in [-0.4, -0.2) is 14.9 Å². The zero-order valence-electron chi connectivity index (χ0n) is 8.19. The Labute approximate surface area is 81.7 Å². The highest BCUT2D eigenvalue weighted by Crippen LogP contribution is 2.06. The van der Waals surface area contributed by atoms with Crippen LogP contribution in [0.25, 0.3) is 0 Å². The molecule has 14 heavy (non-hydrogen) atoms. The molecule has 0 atom stereocenters. The van der Waals surface area contributed by atoms with E-state index in [-0.39, 0.29) is 0 Å². The van der Waals surface area contributed by atoms with Gasteiger partial charge in [-0.3, -0.25) is 4.68 Å².